The van der Waals surface area contributed by atoms with Gasteiger partial charge in [0.25, 0.3) is 0 Å². The Morgan fingerprint density at radius 3 is 1.62 bits per heavy atom. The number of fused-ring (bicyclic) bond motifs is 6. The summed E-state index contributed by atoms with van der Waals surface area (Å²) in [4.78, 5) is 7.25. The van der Waals surface area contributed by atoms with Gasteiger partial charge in [0.1, 0.15) is 0 Å². The minimum Gasteiger partial charge on any atom is -0.310 e. The second-order valence-corrected chi connectivity index (χ2v) is 18.6. The molecule has 9 aromatic rings. The minimum atomic E-state index is 0.0347. The molecule has 1 saturated carbocycles. The predicted octanol–water partition coefficient (Wildman–Crippen LogP) is 18.0. The number of pyridine rings is 1. The molecule has 3 aliphatic carbocycles. The van der Waals surface area contributed by atoms with Crippen molar-refractivity contribution in [2.45, 2.75) is 43.9 Å². The van der Waals surface area contributed by atoms with Crippen molar-refractivity contribution in [1.82, 2.24) is 4.98 Å². The summed E-state index contributed by atoms with van der Waals surface area (Å²) < 4.78 is 0. The number of hydrogen-bond donors (Lipinski definition) is 0. The number of anilines is 3. The van der Waals surface area contributed by atoms with Crippen molar-refractivity contribution in [2.75, 3.05) is 4.90 Å². The summed E-state index contributed by atoms with van der Waals surface area (Å²) >= 11 is 0. The van der Waals surface area contributed by atoms with Gasteiger partial charge in [-0.1, -0.05) is 189 Å². The Morgan fingerprint density at radius 2 is 0.985 bits per heavy atom. The van der Waals surface area contributed by atoms with E-state index >= 15 is 0 Å². The number of hydrogen-bond acceptors (Lipinski definition) is 2. The second kappa shape index (κ2) is 18.0. The summed E-state index contributed by atoms with van der Waals surface area (Å²) in [7, 11) is 0. The SMILES string of the molecule is C1=CC(c2ccc(-c3cc4ccccc4cc3-c3ccc(/C=C/c4ccc(/C=C/c5ccc6c(c5)C5(CCCC5)c5cc(N(c7ccccc7)c7ccccc7)ccc5-6)nc4)cc3)cc2)=CCC1. The Kier molecular flexibility index (Phi) is 10.9. The molecular formula is C66H52N2. The molecule has 0 N–H and O–H groups in total. The molecule has 0 saturated heterocycles. The molecule has 0 radical (unpaired) electrons. The number of aromatic nitrogens is 1. The Hall–Kier alpha value is -8.07. The largest absolute Gasteiger partial charge is 0.310 e. The molecule has 0 aliphatic heterocycles. The van der Waals surface area contributed by atoms with Crippen LogP contribution >= 0.6 is 0 Å². The minimum absolute atomic E-state index is 0.0347. The van der Waals surface area contributed by atoms with Gasteiger partial charge in [0.05, 0.1) is 5.69 Å². The number of benzene rings is 8. The number of allylic oxidation sites excluding steroid dienone is 4. The van der Waals surface area contributed by atoms with Crippen LogP contribution in [-0.2, 0) is 5.41 Å². The van der Waals surface area contributed by atoms with Crippen molar-refractivity contribution in [2.24, 2.45) is 0 Å². The van der Waals surface area contributed by atoms with Crippen LogP contribution in [0.3, 0.4) is 0 Å². The Bertz CT molecular complexity index is 3360. The lowest BCUT2D eigenvalue weighted by atomic mass is 9.76. The molecule has 0 unspecified atom stereocenters. The lowest BCUT2D eigenvalue weighted by molar-refractivity contribution is 0.550. The smallest absolute Gasteiger partial charge is 0.0630 e. The quantitative estimate of drug-likeness (QED) is 0.136. The molecular weight excluding hydrogens is 821 g/mol. The summed E-state index contributed by atoms with van der Waals surface area (Å²) in [6, 6.07) is 71.4. The van der Waals surface area contributed by atoms with Gasteiger partial charge in [0.2, 0.25) is 0 Å². The zero-order chi connectivity index (χ0) is 45.3. The fourth-order valence-corrected chi connectivity index (χ4v) is 11.0. The standard InChI is InChI=1S/C66H52N2/c1-4-14-50(15-5-1)51-31-33-53(34-32-51)63-44-55-17-11-10-16-54(55)43-62(63)52-29-24-47(25-30-52)22-23-49-27-36-56(67-46-49)35-26-48-28-38-60-61-39-37-59(45-65(61)66(64(60)42-48)40-12-13-41-66)68(57-18-6-2-7-19-57)58-20-8-3-9-21-58/h2-4,6-11,14-39,42-46H,1,5,12-13,40-41H2/b23-22+,35-26+. The van der Waals surface area contributed by atoms with Gasteiger partial charge < -0.3 is 4.90 Å². The summed E-state index contributed by atoms with van der Waals surface area (Å²) in [6.45, 7) is 0. The Labute approximate surface area is 400 Å². The van der Waals surface area contributed by atoms with Crippen LogP contribution in [0.5, 0.6) is 0 Å². The molecule has 1 fully saturated rings. The molecule has 8 aromatic carbocycles. The molecule has 68 heavy (non-hydrogen) atoms. The van der Waals surface area contributed by atoms with E-state index in [-0.39, 0.29) is 5.41 Å². The van der Waals surface area contributed by atoms with Gasteiger partial charge in [0, 0.05) is 28.7 Å². The average molecular weight is 873 g/mol. The fourth-order valence-electron chi connectivity index (χ4n) is 11.0. The summed E-state index contributed by atoms with van der Waals surface area (Å²) in [5.41, 5.74) is 21.2. The van der Waals surface area contributed by atoms with Gasteiger partial charge in [-0.3, -0.25) is 4.98 Å². The second-order valence-electron chi connectivity index (χ2n) is 18.6. The van der Waals surface area contributed by atoms with E-state index in [1.165, 1.54) is 115 Å². The molecule has 0 atom stereocenters. The van der Waals surface area contributed by atoms with Crippen LogP contribution in [0.1, 0.15) is 77.6 Å². The van der Waals surface area contributed by atoms with E-state index in [1.54, 1.807) is 0 Å². The monoisotopic (exact) mass is 872 g/mol. The molecule has 1 spiro atoms. The van der Waals surface area contributed by atoms with E-state index in [4.69, 9.17) is 4.98 Å². The van der Waals surface area contributed by atoms with Gasteiger partial charge in [-0.05, 0) is 169 Å². The number of nitrogens with zero attached hydrogens (tertiary/aromatic N) is 2. The molecule has 1 aromatic heterocycles. The predicted molar refractivity (Wildman–Crippen MR) is 289 cm³/mol. The molecule has 0 amide bonds. The van der Waals surface area contributed by atoms with Crippen molar-refractivity contribution in [1.29, 1.82) is 0 Å². The molecule has 2 nitrogen and oxygen atoms in total. The van der Waals surface area contributed by atoms with E-state index in [0.29, 0.717) is 0 Å². The highest BCUT2D eigenvalue weighted by molar-refractivity contribution is 5.97. The lowest BCUT2D eigenvalue weighted by Gasteiger charge is -2.30. The van der Waals surface area contributed by atoms with E-state index in [2.05, 4.69) is 242 Å². The van der Waals surface area contributed by atoms with E-state index in [0.717, 1.165) is 29.7 Å². The van der Waals surface area contributed by atoms with Crippen molar-refractivity contribution >= 4 is 57.7 Å². The highest BCUT2D eigenvalue weighted by Gasteiger charge is 2.45. The molecule has 12 rings (SSSR count). The van der Waals surface area contributed by atoms with Crippen LogP contribution in [0.2, 0.25) is 0 Å². The van der Waals surface area contributed by atoms with Crippen molar-refractivity contribution < 1.29 is 0 Å². The van der Waals surface area contributed by atoms with Crippen LogP contribution in [0.4, 0.5) is 17.1 Å². The van der Waals surface area contributed by atoms with Crippen LogP contribution in [0, 0.1) is 0 Å². The molecule has 3 aliphatic rings. The summed E-state index contributed by atoms with van der Waals surface area (Å²) in [6.07, 6.45) is 24.6. The van der Waals surface area contributed by atoms with Gasteiger partial charge in [-0.15, -0.1) is 0 Å². The van der Waals surface area contributed by atoms with E-state index in [1.807, 2.05) is 6.20 Å². The average Bonchev–Trinajstić information content (AvgIpc) is 4.01. The first-order valence-electron chi connectivity index (χ1n) is 24.3. The highest BCUT2D eigenvalue weighted by Crippen LogP contribution is 2.58. The van der Waals surface area contributed by atoms with Gasteiger partial charge in [0.15, 0.2) is 0 Å². The van der Waals surface area contributed by atoms with Crippen LogP contribution in [-0.4, -0.2) is 4.98 Å². The highest BCUT2D eigenvalue weighted by atomic mass is 15.1. The normalized spacial score (nSPS) is 14.7. The molecule has 1 heterocycles. The van der Waals surface area contributed by atoms with E-state index in [9.17, 15) is 0 Å². The van der Waals surface area contributed by atoms with Crippen LogP contribution in [0.15, 0.2) is 219 Å². The molecule has 2 heteroatoms. The first-order valence-corrected chi connectivity index (χ1v) is 24.3. The first-order chi connectivity index (χ1) is 33.6. The number of para-hydroxylation sites is 2. The van der Waals surface area contributed by atoms with Crippen LogP contribution in [0.25, 0.3) is 74.0 Å². The third-order valence-corrected chi connectivity index (χ3v) is 14.5. The zero-order valence-corrected chi connectivity index (χ0v) is 38.2. The maximum Gasteiger partial charge on any atom is 0.0630 e. The topological polar surface area (TPSA) is 16.1 Å². The Morgan fingerprint density at radius 1 is 0.426 bits per heavy atom. The van der Waals surface area contributed by atoms with E-state index < -0.39 is 0 Å². The third-order valence-electron chi connectivity index (χ3n) is 14.5. The zero-order valence-electron chi connectivity index (χ0n) is 38.2. The Balaban J connectivity index is 0.760. The van der Waals surface area contributed by atoms with Gasteiger partial charge in [-0.25, -0.2) is 0 Å². The van der Waals surface area contributed by atoms with Crippen molar-refractivity contribution in [3.05, 3.63) is 258 Å². The maximum atomic E-state index is 4.86. The maximum absolute atomic E-state index is 4.86. The van der Waals surface area contributed by atoms with Gasteiger partial charge in [-0.2, -0.15) is 0 Å². The lowest BCUT2D eigenvalue weighted by Crippen LogP contribution is -2.21. The third kappa shape index (κ3) is 7.92. The first kappa shape index (κ1) is 41.4. The van der Waals surface area contributed by atoms with Crippen molar-refractivity contribution in [3.63, 3.8) is 0 Å². The summed E-state index contributed by atoms with van der Waals surface area (Å²) in [5.74, 6) is 0. The van der Waals surface area contributed by atoms with Gasteiger partial charge >= 0.3 is 0 Å². The molecule has 326 valence electrons. The summed E-state index contributed by atoms with van der Waals surface area (Å²) in [5, 5.41) is 2.50. The fraction of sp³-hybridized carbons (Fsp3) is 0.106. The number of rotatable bonds is 10. The van der Waals surface area contributed by atoms with Crippen molar-refractivity contribution in [3.8, 4) is 33.4 Å². The molecule has 0 bridgehead atoms. The van der Waals surface area contributed by atoms with Crippen LogP contribution < -0.4 is 4.90 Å².